The molecule has 7 nitrogen and oxygen atoms in total. The van der Waals surface area contributed by atoms with Crippen molar-refractivity contribution in [2.45, 2.75) is 24.4 Å². The zero-order valence-electron chi connectivity index (χ0n) is 17.0. The van der Waals surface area contributed by atoms with Crippen LogP contribution in [0.3, 0.4) is 0 Å². The molecule has 0 aliphatic carbocycles. The number of fused-ring (bicyclic) bond motifs is 1. The van der Waals surface area contributed by atoms with Crippen LogP contribution in [0.1, 0.15) is 16.7 Å². The Bertz CT molecular complexity index is 1200. The predicted octanol–water partition coefficient (Wildman–Crippen LogP) is 3.76. The molecule has 0 amide bonds. The van der Waals surface area contributed by atoms with E-state index in [1.165, 1.54) is 23.5 Å². The number of nitrogens with zero attached hydrogens (tertiary/aromatic N) is 4. The molecule has 0 spiro atoms. The number of hydrogen-bond donors (Lipinski definition) is 1. The lowest BCUT2D eigenvalue weighted by molar-refractivity contribution is 0.245. The molecule has 2 aromatic carbocycles. The molecule has 1 N–H and O–H groups in total. The van der Waals surface area contributed by atoms with Crippen LogP contribution < -0.4 is 9.62 Å². The van der Waals surface area contributed by atoms with Crippen LogP contribution in [0.15, 0.2) is 41.6 Å². The van der Waals surface area contributed by atoms with Gasteiger partial charge in [0, 0.05) is 56.0 Å². The highest BCUT2D eigenvalue weighted by Crippen LogP contribution is 2.29. The van der Waals surface area contributed by atoms with E-state index >= 15 is 0 Å². The Hall–Kier alpha value is -2.27. The molecule has 1 aliphatic heterocycles. The number of aromatic nitrogens is 2. The first kappa shape index (κ1) is 21.9. The van der Waals surface area contributed by atoms with E-state index in [1.54, 1.807) is 0 Å². The highest BCUT2D eigenvalue weighted by Gasteiger charge is 2.24. The molecule has 0 saturated carbocycles. The number of hydrogen-bond acceptors (Lipinski definition) is 7. The maximum absolute atomic E-state index is 14.7. The van der Waals surface area contributed by atoms with Crippen LogP contribution in [0.2, 0.25) is 5.02 Å². The van der Waals surface area contributed by atoms with E-state index < -0.39 is 20.7 Å². The Morgan fingerprint density at radius 3 is 2.77 bits per heavy atom. The Morgan fingerprint density at radius 2 is 2.06 bits per heavy atom. The number of anilines is 2. The van der Waals surface area contributed by atoms with Crippen LogP contribution in [-0.4, -0.2) is 43.3 Å². The van der Waals surface area contributed by atoms with Gasteiger partial charge in [-0.3, -0.25) is 9.62 Å². The zero-order chi connectivity index (χ0) is 22.2. The highest BCUT2D eigenvalue weighted by atomic mass is 35.5. The summed E-state index contributed by atoms with van der Waals surface area (Å²) < 4.78 is 45.7. The first-order valence-electron chi connectivity index (χ1n) is 9.52. The molecule has 0 saturated heterocycles. The Balaban J connectivity index is 1.51. The first-order chi connectivity index (χ1) is 14.7. The van der Waals surface area contributed by atoms with Gasteiger partial charge in [-0.25, -0.2) is 17.8 Å². The fourth-order valence-electron chi connectivity index (χ4n) is 3.54. The minimum Gasteiger partial charge on any atom is -0.378 e. The van der Waals surface area contributed by atoms with Gasteiger partial charge >= 0.3 is 0 Å². The largest absolute Gasteiger partial charge is 0.378 e. The normalized spacial score (nSPS) is 14.3. The van der Waals surface area contributed by atoms with Crippen LogP contribution in [0.5, 0.6) is 0 Å². The van der Waals surface area contributed by atoms with Crippen molar-refractivity contribution < 1.29 is 12.8 Å². The summed E-state index contributed by atoms with van der Waals surface area (Å²) in [5.74, 6) is -0.857. The lowest BCUT2D eigenvalue weighted by Crippen LogP contribution is -2.30. The third kappa shape index (κ3) is 4.82. The van der Waals surface area contributed by atoms with Gasteiger partial charge < -0.3 is 4.90 Å². The summed E-state index contributed by atoms with van der Waals surface area (Å²) >= 11 is 7.21. The topological polar surface area (TPSA) is 78.4 Å². The average molecular weight is 482 g/mol. The summed E-state index contributed by atoms with van der Waals surface area (Å²) in [7, 11) is -0.128. The maximum Gasteiger partial charge on any atom is 0.266 e. The molecule has 31 heavy (non-hydrogen) atoms. The van der Waals surface area contributed by atoms with E-state index in [1.807, 2.05) is 14.1 Å². The van der Waals surface area contributed by atoms with Gasteiger partial charge in [-0.1, -0.05) is 17.7 Å². The minimum atomic E-state index is -4.16. The lowest BCUT2D eigenvalue weighted by Gasteiger charge is -2.30. The second kappa shape index (κ2) is 8.70. The molecule has 11 heteroatoms. The smallest absolute Gasteiger partial charge is 0.266 e. The van der Waals surface area contributed by atoms with Crippen molar-refractivity contribution in [3.63, 3.8) is 0 Å². The van der Waals surface area contributed by atoms with Gasteiger partial charge in [-0.15, -0.1) is 0 Å². The van der Waals surface area contributed by atoms with Crippen LogP contribution in [-0.2, 0) is 29.5 Å². The molecule has 164 valence electrons. The second-order valence-corrected chi connectivity index (χ2v) is 10.4. The highest BCUT2D eigenvalue weighted by molar-refractivity contribution is 7.93. The standard InChI is InChI=1S/C20H21ClFN5O2S2/c1-26(2)16-4-3-14-10-27(6-5-13(14)7-16)11-15-8-18(22)19(9-17(15)21)31(28,29)25-20-23-12-24-30-20/h3-4,7-9,12H,5-6,10-11H2,1-2H3,(H,23,24,25). The van der Waals surface area contributed by atoms with E-state index in [0.717, 1.165) is 42.8 Å². The molecule has 1 aliphatic rings. The molecule has 0 radical (unpaired) electrons. The third-order valence-electron chi connectivity index (χ3n) is 5.16. The van der Waals surface area contributed by atoms with Crippen LogP contribution in [0, 0.1) is 5.82 Å². The van der Waals surface area contributed by atoms with Gasteiger partial charge in [0.2, 0.25) is 5.13 Å². The van der Waals surface area contributed by atoms with Crippen LogP contribution in [0.4, 0.5) is 15.2 Å². The molecule has 2 heterocycles. The number of halogens is 2. The second-order valence-electron chi connectivity index (χ2n) is 7.53. The maximum atomic E-state index is 14.7. The van der Waals surface area contributed by atoms with Gasteiger partial charge in [0.1, 0.15) is 17.0 Å². The van der Waals surface area contributed by atoms with E-state index in [4.69, 9.17) is 11.6 Å². The molecule has 0 fully saturated rings. The predicted molar refractivity (Wildman–Crippen MR) is 121 cm³/mol. The molecule has 4 rings (SSSR count). The van der Waals surface area contributed by atoms with Crippen molar-refractivity contribution in [1.29, 1.82) is 0 Å². The van der Waals surface area contributed by atoms with E-state index in [-0.39, 0.29) is 10.2 Å². The van der Waals surface area contributed by atoms with E-state index in [9.17, 15) is 12.8 Å². The monoisotopic (exact) mass is 481 g/mol. The van der Waals surface area contributed by atoms with Crippen molar-refractivity contribution >= 4 is 44.0 Å². The van der Waals surface area contributed by atoms with Crippen molar-refractivity contribution in [1.82, 2.24) is 14.3 Å². The minimum absolute atomic E-state index is 0.0593. The van der Waals surface area contributed by atoms with Crippen LogP contribution in [0.25, 0.3) is 0 Å². The summed E-state index contributed by atoms with van der Waals surface area (Å²) in [6.45, 7) is 1.95. The SMILES string of the molecule is CN(C)c1ccc2c(c1)CCN(Cc1cc(F)c(S(=O)(=O)Nc3ncns3)cc1Cl)C2. The van der Waals surface area contributed by atoms with Gasteiger partial charge in [0.25, 0.3) is 10.0 Å². The van der Waals surface area contributed by atoms with Crippen LogP contribution >= 0.6 is 23.1 Å². The Kier molecular flexibility index (Phi) is 6.16. The number of nitrogens with one attached hydrogen (secondary N) is 1. The molecule has 0 bridgehead atoms. The van der Waals surface area contributed by atoms with Crippen molar-refractivity contribution in [3.05, 3.63) is 64.2 Å². The van der Waals surface area contributed by atoms with Crippen molar-refractivity contribution in [3.8, 4) is 0 Å². The lowest BCUT2D eigenvalue weighted by atomic mass is 9.98. The fourth-order valence-corrected chi connectivity index (χ4v) is 5.57. The molecular weight excluding hydrogens is 461 g/mol. The molecular formula is C20H21ClFN5O2S2. The summed E-state index contributed by atoms with van der Waals surface area (Å²) in [6.07, 6.45) is 2.10. The molecule has 3 aromatic rings. The molecule has 0 atom stereocenters. The quantitative estimate of drug-likeness (QED) is 0.577. The molecule has 0 unspecified atom stereocenters. The fraction of sp³-hybridized carbons (Fsp3) is 0.300. The number of rotatable bonds is 6. The summed E-state index contributed by atoms with van der Waals surface area (Å²) in [5.41, 5.74) is 4.25. The van der Waals surface area contributed by atoms with E-state index in [2.05, 4.69) is 42.1 Å². The Morgan fingerprint density at radius 1 is 1.26 bits per heavy atom. The van der Waals surface area contributed by atoms with Gasteiger partial charge in [-0.2, -0.15) is 4.37 Å². The average Bonchev–Trinajstić information content (AvgIpc) is 3.22. The first-order valence-corrected chi connectivity index (χ1v) is 12.2. The van der Waals surface area contributed by atoms with Gasteiger partial charge in [0.05, 0.1) is 0 Å². The van der Waals surface area contributed by atoms with Crippen molar-refractivity contribution in [2.75, 3.05) is 30.3 Å². The van der Waals surface area contributed by atoms with Gasteiger partial charge in [0.15, 0.2) is 0 Å². The molecule has 1 aromatic heterocycles. The Labute approximate surface area is 189 Å². The van der Waals surface area contributed by atoms with Crippen molar-refractivity contribution in [2.24, 2.45) is 0 Å². The zero-order valence-corrected chi connectivity index (χ0v) is 19.4. The third-order valence-corrected chi connectivity index (χ3v) is 7.58. The summed E-state index contributed by atoms with van der Waals surface area (Å²) in [6, 6.07) is 8.75. The summed E-state index contributed by atoms with van der Waals surface area (Å²) in [5, 5.41) is 0.261. The van der Waals surface area contributed by atoms with Gasteiger partial charge in [-0.05, 0) is 47.4 Å². The number of benzene rings is 2. The number of sulfonamides is 1. The van der Waals surface area contributed by atoms with E-state index in [0.29, 0.717) is 12.1 Å². The summed E-state index contributed by atoms with van der Waals surface area (Å²) in [4.78, 5) is 7.49.